The van der Waals surface area contributed by atoms with Crippen LogP contribution in [0.2, 0.25) is 0 Å². The summed E-state index contributed by atoms with van der Waals surface area (Å²) in [6, 6.07) is 15.0. The van der Waals surface area contributed by atoms with Crippen LogP contribution in [0.15, 0.2) is 54.7 Å². The molecule has 1 N–H and O–H groups in total. The molecule has 4 aromatic rings. The van der Waals surface area contributed by atoms with Crippen molar-refractivity contribution in [3.63, 3.8) is 0 Å². The predicted octanol–water partition coefficient (Wildman–Crippen LogP) is 2.74. The van der Waals surface area contributed by atoms with Crippen molar-refractivity contribution < 1.29 is 4.79 Å². The fourth-order valence-electron chi connectivity index (χ4n) is 2.25. The minimum Gasteiger partial charge on any atom is -0.335 e. The van der Waals surface area contributed by atoms with E-state index in [1.807, 2.05) is 48.5 Å². The molecule has 0 amide bonds. The molecule has 0 aliphatic heterocycles. The summed E-state index contributed by atoms with van der Waals surface area (Å²) in [7, 11) is 0. The Labute approximate surface area is 119 Å². The minimum absolute atomic E-state index is 0.260. The SMILES string of the molecule is O=C(c1cnc2ccccc2n1)c1nc2ccccc2[nH]1. The van der Waals surface area contributed by atoms with E-state index in [0.717, 1.165) is 16.6 Å². The molecule has 0 unspecified atom stereocenters. The van der Waals surface area contributed by atoms with E-state index < -0.39 is 0 Å². The Morgan fingerprint density at radius 2 is 1.57 bits per heavy atom. The van der Waals surface area contributed by atoms with E-state index in [-0.39, 0.29) is 17.3 Å². The third-order valence-electron chi connectivity index (χ3n) is 3.29. The number of aromatic nitrogens is 4. The highest BCUT2D eigenvalue weighted by atomic mass is 16.1. The number of fused-ring (bicyclic) bond motifs is 2. The van der Waals surface area contributed by atoms with Crippen LogP contribution in [0.1, 0.15) is 16.3 Å². The molecule has 2 aromatic heterocycles. The molecule has 0 aliphatic carbocycles. The van der Waals surface area contributed by atoms with Crippen LogP contribution in [0.3, 0.4) is 0 Å². The molecule has 0 atom stereocenters. The van der Waals surface area contributed by atoms with Crippen LogP contribution >= 0.6 is 0 Å². The summed E-state index contributed by atoms with van der Waals surface area (Å²) in [4.78, 5) is 28.4. The summed E-state index contributed by atoms with van der Waals surface area (Å²) in [6.45, 7) is 0. The number of nitrogens with one attached hydrogen (secondary N) is 1. The lowest BCUT2D eigenvalue weighted by molar-refractivity contribution is 0.102. The van der Waals surface area contributed by atoms with Gasteiger partial charge in [-0.2, -0.15) is 0 Å². The third kappa shape index (κ3) is 1.95. The van der Waals surface area contributed by atoms with Gasteiger partial charge in [0.2, 0.25) is 5.78 Å². The van der Waals surface area contributed by atoms with Gasteiger partial charge in [-0.3, -0.25) is 9.78 Å². The van der Waals surface area contributed by atoms with E-state index in [4.69, 9.17) is 0 Å². The number of benzene rings is 2. The van der Waals surface area contributed by atoms with Gasteiger partial charge in [-0.1, -0.05) is 24.3 Å². The summed E-state index contributed by atoms with van der Waals surface area (Å²) in [5.74, 6) is 0.0187. The molecular formula is C16H10N4O. The second kappa shape index (κ2) is 4.49. The third-order valence-corrected chi connectivity index (χ3v) is 3.29. The van der Waals surface area contributed by atoms with Crippen LogP contribution in [0.4, 0.5) is 0 Å². The Balaban J connectivity index is 1.81. The van der Waals surface area contributed by atoms with Crippen LogP contribution in [-0.2, 0) is 0 Å². The fraction of sp³-hybridized carbons (Fsp3) is 0. The highest BCUT2D eigenvalue weighted by molar-refractivity contribution is 6.07. The van der Waals surface area contributed by atoms with E-state index in [2.05, 4.69) is 19.9 Å². The van der Waals surface area contributed by atoms with Crippen molar-refractivity contribution in [2.75, 3.05) is 0 Å². The topological polar surface area (TPSA) is 71.5 Å². The van der Waals surface area contributed by atoms with Gasteiger partial charge in [0.15, 0.2) is 5.82 Å². The van der Waals surface area contributed by atoms with E-state index >= 15 is 0 Å². The monoisotopic (exact) mass is 274 g/mol. The lowest BCUT2D eigenvalue weighted by Gasteiger charge is -1.99. The zero-order valence-corrected chi connectivity index (χ0v) is 10.9. The van der Waals surface area contributed by atoms with Crippen molar-refractivity contribution in [1.29, 1.82) is 0 Å². The van der Waals surface area contributed by atoms with Crippen molar-refractivity contribution in [1.82, 2.24) is 19.9 Å². The quantitative estimate of drug-likeness (QED) is 0.570. The van der Waals surface area contributed by atoms with Crippen LogP contribution in [0.25, 0.3) is 22.1 Å². The van der Waals surface area contributed by atoms with Gasteiger partial charge in [0.25, 0.3) is 0 Å². The Morgan fingerprint density at radius 1 is 0.857 bits per heavy atom. The summed E-state index contributed by atoms with van der Waals surface area (Å²) < 4.78 is 0. The van der Waals surface area contributed by atoms with Gasteiger partial charge in [-0.05, 0) is 24.3 Å². The van der Waals surface area contributed by atoms with Crippen molar-refractivity contribution >= 4 is 27.9 Å². The lowest BCUT2D eigenvalue weighted by Crippen LogP contribution is -2.07. The van der Waals surface area contributed by atoms with E-state index in [9.17, 15) is 4.79 Å². The fourth-order valence-corrected chi connectivity index (χ4v) is 2.25. The van der Waals surface area contributed by atoms with Crippen LogP contribution in [-0.4, -0.2) is 25.7 Å². The van der Waals surface area contributed by atoms with E-state index in [1.54, 1.807) is 0 Å². The molecular weight excluding hydrogens is 264 g/mol. The highest BCUT2D eigenvalue weighted by Crippen LogP contribution is 2.14. The smallest absolute Gasteiger partial charge is 0.248 e. The zero-order chi connectivity index (χ0) is 14.2. The molecule has 100 valence electrons. The van der Waals surface area contributed by atoms with Gasteiger partial charge in [-0.15, -0.1) is 0 Å². The molecule has 0 bridgehead atoms. The van der Waals surface area contributed by atoms with Crippen molar-refractivity contribution in [3.8, 4) is 0 Å². The average Bonchev–Trinajstić information content (AvgIpc) is 2.97. The van der Waals surface area contributed by atoms with Gasteiger partial charge in [0, 0.05) is 0 Å². The van der Waals surface area contributed by atoms with Crippen LogP contribution in [0.5, 0.6) is 0 Å². The molecule has 0 saturated carbocycles. The first kappa shape index (κ1) is 11.7. The van der Waals surface area contributed by atoms with Crippen LogP contribution in [0, 0.1) is 0 Å². The van der Waals surface area contributed by atoms with Crippen molar-refractivity contribution in [2.24, 2.45) is 0 Å². The summed E-state index contributed by atoms with van der Waals surface area (Å²) >= 11 is 0. The molecule has 5 nitrogen and oxygen atoms in total. The first-order chi connectivity index (χ1) is 10.3. The number of imidazole rings is 1. The maximum atomic E-state index is 12.5. The van der Waals surface area contributed by atoms with Gasteiger partial charge in [0.05, 0.1) is 28.3 Å². The van der Waals surface area contributed by atoms with E-state index in [0.29, 0.717) is 5.52 Å². The van der Waals surface area contributed by atoms with Crippen LogP contribution < -0.4 is 0 Å². The van der Waals surface area contributed by atoms with Gasteiger partial charge < -0.3 is 4.98 Å². The summed E-state index contributed by atoms with van der Waals surface area (Å²) in [5, 5.41) is 0. The molecule has 21 heavy (non-hydrogen) atoms. The Hall–Kier alpha value is -3.08. The average molecular weight is 274 g/mol. The molecule has 4 rings (SSSR count). The molecule has 0 radical (unpaired) electrons. The number of aromatic amines is 1. The van der Waals surface area contributed by atoms with Gasteiger partial charge in [0.1, 0.15) is 5.69 Å². The first-order valence-electron chi connectivity index (χ1n) is 6.52. The Morgan fingerprint density at radius 3 is 2.38 bits per heavy atom. The number of carbonyl (C=O) groups is 1. The Kier molecular flexibility index (Phi) is 2.50. The molecule has 5 heteroatoms. The molecule has 0 fully saturated rings. The van der Waals surface area contributed by atoms with Gasteiger partial charge >= 0.3 is 0 Å². The number of para-hydroxylation sites is 4. The number of nitrogens with zero attached hydrogens (tertiary/aromatic N) is 3. The van der Waals surface area contributed by atoms with Crippen molar-refractivity contribution in [2.45, 2.75) is 0 Å². The minimum atomic E-state index is -0.260. The number of hydrogen-bond donors (Lipinski definition) is 1. The maximum Gasteiger partial charge on any atom is 0.248 e. The van der Waals surface area contributed by atoms with Crippen molar-refractivity contribution in [3.05, 3.63) is 66.2 Å². The molecule has 0 saturated heterocycles. The number of H-pyrrole nitrogens is 1. The lowest BCUT2D eigenvalue weighted by atomic mass is 10.2. The Bertz CT molecular complexity index is 941. The second-order valence-electron chi connectivity index (χ2n) is 4.68. The summed E-state index contributed by atoms with van der Waals surface area (Å²) in [5.41, 5.74) is 3.33. The number of hydrogen-bond acceptors (Lipinski definition) is 4. The second-order valence-corrected chi connectivity index (χ2v) is 4.68. The van der Waals surface area contributed by atoms with E-state index in [1.165, 1.54) is 6.20 Å². The summed E-state index contributed by atoms with van der Waals surface area (Å²) in [6.07, 6.45) is 1.48. The van der Waals surface area contributed by atoms with Gasteiger partial charge in [-0.25, -0.2) is 9.97 Å². The predicted molar refractivity (Wildman–Crippen MR) is 79.1 cm³/mol. The number of rotatable bonds is 2. The molecule has 0 aliphatic rings. The normalized spacial score (nSPS) is 11.0. The highest BCUT2D eigenvalue weighted by Gasteiger charge is 2.16. The number of carbonyl (C=O) groups excluding carboxylic acids is 1. The first-order valence-corrected chi connectivity index (χ1v) is 6.52. The maximum absolute atomic E-state index is 12.5. The number of ketones is 1. The zero-order valence-electron chi connectivity index (χ0n) is 10.9. The molecule has 0 spiro atoms. The molecule has 2 aromatic carbocycles. The standard InChI is InChI=1S/C16H10N4O/c21-15(16-19-12-7-3-4-8-13(12)20-16)14-9-17-10-5-1-2-6-11(10)18-14/h1-9H,(H,19,20). The molecule has 2 heterocycles. The largest absolute Gasteiger partial charge is 0.335 e.